The van der Waals surface area contributed by atoms with Crippen molar-refractivity contribution in [1.82, 2.24) is 0 Å². The van der Waals surface area contributed by atoms with Crippen molar-refractivity contribution >= 4 is 47.8 Å². The van der Waals surface area contributed by atoms with Crippen molar-refractivity contribution < 1.29 is 85.7 Å². The summed E-state index contributed by atoms with van der Waals surface area (Å²) in [6, 6.07) is 0. The molecule has 0 bridgehead atoms. The number of esters is 8. The van der Waals surface area contributed by atoms with Crippen LogP contribution in [0.3, 0.4) is 0 Å². The van der Waals surface area contributed by atoms with Crippen molar-refractivity contribution in [2.24, 2.45) is 0 Å². The SMILES string of the molecule is CCC(=O)OC[C@H]1O[C@H](O[C@H]2C[C@H](OC(=O)CC)[C@@H](OC(=O)CC)[C@H](OC(=O)CC)[C@H]2OC(=O)CC)[C@H](OC(=O)CC)[C@@H](OC(=O)CC)[C@@H]1OC(=O)CC. The summed E-state index contributed by atoms with van der Waals surface area (Å²) in [5.41, 5.74) is 0. The monoisotopic (exact) mass is 774 g/mol. The Bertz CT molecular complexity index is 1310. The second-order valence-electron chi connectivity index (χ2n) is 12.2. The van der Waals surface area contributed by atoms with E-state index in [9.17, 15) is 38.4 Å². The van der Waals surface area contributed by atoms with Gasteiger partial charge in [-0.15, -0.1) is 0 Å². The van der Waals surface area contributed by atoms with E-state index < -0.39 is 116 Å². The first-order valence-corrected chi connectivity index (χ1v) is 18.5. The Morgan fingerprint density at radius 1 is 0.407 bits per heavy atom. The van der Waals surface area contributed by atoms with Gasteiger partial charge in [0.2, 0.25) is 0 Å². The van der Waals surface area contributed by atoms with Crippen molar-refractivity contribution in [3.05, 3.63) is 0 Å². The minimum atomic E-state index is -1.75. The Morgan fingerprint density at radius 3 is 1.17 bits per heavy atom. The van der Waals surface area contributed by atoms with Gasteiger partial charge in [-0.3, -0.25) is 38.4 Å². The normalized spacial score (nSPS) is 27.7. The zero-order valence-corrected chi connectivity index (χ0v) is 32.2. The summed E-state index contributed by atoms with van der Waals surface area (Å²) in [5, 5.41) is 0. The highest BCUT2D eigenvalue weighted by atomic mass is 16.7. The number of hydrogen-bond donors (Lipinski definition) is 0. The maximum atomic E-state index is 12.9. The summed E-state index contributed by atoms with van der Waals surface area (Å²) in [7, 11) is 0. The van der Waals surface area contributed by atoms with Crippen molar-refractivity contribution in [2.45, 2.75) is 174 Å². The summed E-state index contributed by atoms with van der Waals surface area (Å²) >= 11 is 0. The van der Waals surface area contributed by atoms with Crippen LogP contribution in [0.25, 0.3) is 0 Å². The molecular weight excluding hydrogens is 720 g/mol. The number of hydrogen-bond acceptors (Lipinski definition) is 18. The van der Waals surface area contributed by atoms with E-state index in [1.54, 1.807) is 6.92 Å². The second kappa shape index (κ2) is 22.8. The molecule has 1 heterocycles. The maximum Gasteiger partial charge on any atom is 0.306 e. The highest BCUT2D eigenvalue weighted by Crippen LogP contribution is 2.37. The molecule has 18 heteroatoms. The molecule has 0 unspecified atom stereocenters. The number of carbonyl (C=O) groups is 8. The minimum absolute atomic E-state index is 0.0247. The van der Waals surface area contributed by atoms with Crippen LogP contribution in [0.5, 0.6) is 0 Å². The quantitative estimate of drug-likeness (QED) is 0.136. The molecule has 306 valence electrons. The summed E-state index contributed by atoms with van der Waals surface area (Å²) in [6.07, 6.45) is -16.5. The number of ether oxygens (including phenoxy) is 10. The Morgan fingerprint density at radius 2 is 0.741 bits per heavy atom. The van der Waals surface area contributed by atoms with E-state index in [4.69, 9.17) is 47.4 Å². The Labute approximate surface area is 314 Å². The Hall–Kier alpha value is -4.32. The molecule has 0 radical (unpaired) electrons. The largest absolute Gasteiger partial charge is 0.463 e. The first-order chi connectivity index (χ1) is 25.7. The lowest BCUT2D eigenvalue weighted by atomic mass is 9.86. The van der Waals surface area contributed by atoms with E-state index in [2.05, 4.69) is 0 Å². The van der Waals surface area contributed by atoms with Crippen LogP contribution in [-0.4, -0.2) is 116 Å². The third-order valence-electron chi connectivity index (χ3n) is 8.35. The zero-order valence-electron chi connectivity index (χ0n) is 32.2. The van der Waals surface area contributed by atoms with E-state index in [-0.39, 0.29) is 57.8 Å². The molecule has 0 N–H and O–H groups in total. The second-order valence-corrected chi connectivity index (χ2v) is 12.2. The molecule has 1 saturated heterocycles. The van der Waals surface area contributed by atoms with Gasteiger partial charge in [-0.2, -0.15) is 0 Å². The molecular formula is C36H54O18. The molecule has 1 aliphatic carbocycles. The number of rotatable bonds is 19. The molecule has 2 aliphatic rings. The molecule has 0 aromatic heterocycles. The average Bonchev–Trinajstić information content (AvgIpc) is 3.17. The molecule has 0 aromatic carbocycles. The first kappa shape index (κ1) is 45.8. The van der Waals surface area contributed by atoms with Gasteiger partial charge in [-0.25, -0.2) is 0 Å². The smallest absolute Gasteiger partial charge is 0.306 e. The third-order valence-corrected chi connectivity index (χ3v) is 8.35. The van der Waals surface area contributed by atoms with Crippen molar-refractivity contribution in [1.29, 1.82) is 0 Å². The van der Waals surface area contributed by atoms with Gasteiger partial charge in [0.1, 0.15) is 24.9 Å². The standard InChI is InChI=1S/C36H54O18/c1-9-22(37)45-18-21-32(51-26(41)13-5)34(53-28(43)15-7)35(54-29(44)16-8)36(48-21)47-20-17-19(46-23(38)10-2)30(49-24(39)11-3)33(52-27(42)14-6)31(20)50-25(40)12-4/h19-21,30-36H,9-18H2,1-8H3/t19-,20-,21+,30+,31-,32+,33-,34-,35+,36-/m0/s1. The fraction of sp³-hybridized carbons (Fsp3) is 0.778. The Balaban J connectivity index is 2.83. The maximum absolute atomic E-state index is 12.9. The van der Waals surface area contributed by atoms with Crippen LogP contribution in [0.15, 0.2) is 0 Å². The molecule has 0 aromatic rings. The summed E-state index contributed by atoms with van der Waals surface area (Å²) < 4.78 is 57.9. The van der Waals surface area contributed by atoms with E-state index >= 15 is 0 Å². The van der Waals surface area contributed by atoms with E-state index in [1.807, 2.05) is 0 Å². The summed E-state index contributed by atoms with van der Waals surface area (Å²) in [4.78, 5) is 102. The van der Waals surface area contributed by atoms with Crippen LogP contribution in [0, 0.1) is 0 Å². The lowest BCUT2D eigenvalue weighted by molar-refractivity contribution is -0.332. The molecule has 1 saturated carbocycles. The van der Waals surface area contributed by atoms with Gasteiger partial charge >= 0.3 is 47.8 Å². The topological polar surface area (TPSA) is 229 Å². The fourth-order valence-electron chi connectivity index (χ4n) is 5.41. The van der Waals surface area contributed by atoms with Crippen molar-refractivity contribution in [2.75, 3.05) is 6.61 Å². The van der Waals surface area contributed by atoms with Crippen LogP contribution in [-0.2, 0) is 85.7 Å². The molecule has 2 rings (SSSR count). The lowest BCUT2D eigenvalue weighted by Crippen LogP contribution is -2.66. The average molecular weight is 775 g/mol. The number of carbonyl (C=O) groups excluding carboxylic acids is 8. The summed E-state index contributed by atoms with van der Waals surface area (Å²) in [5.74, 6) is -6.01. The van der Waals surface area contributed by atoms with E-state index in [0.717, 1.165) is 0 Å². The van der Waals surface area contributed by atoms with Gasteiger partial charge in [-0.1, -0.05) is 55.4 Å². The van der Waals surface area contributed by atoms with Crippen molar-refractivity contribution in [3.8, 4) is 0 Å². The molecule has 0 spiro atoms. The molecule has 10 atom stereocenters. The van der Waals surface area contributed by atoms with Gasteiger partial charge in [0, 0.05) is 57.8 Å². The molecule has 54 heavy (non-hydrogen) atoms. The van der Waals surface area contributed by atoms with Crippen LogP contribution in [0.1, 0.15) is 113 Å². The van der Waals surface area contributed by atoms with Gasteiger partial charge in [-0.05, 0) is 0 Å². The zero-order chi connectivity index (χ0) is 40.5. The van der Waals surface area contributed by atoms with Crippen LogP contribution in [0.4, 0.5) is 0 Å². The van der Waals surface area contributed by atoms with Crippen molar-refractivity contribution in [3.63, 3.8) is 0 Å². The van der Waals surface area contributed by atoms with Gasteiger partial charge in [0.05, 0.1) is 0 Å². The molecule has 0 amide bonds. The molecule has 18 nitrogen and oxygen atoms in total. The minimum Gasteiger partial charge on any atom is -0.463 e. The van der Waals surface area contributed by atoms with Crippen LogP contribution < -0.4 is 0 Å². The van der Waals surface area contributed by atoms with E-state index in [1.165, 1.54) is 48.5 Å². The van der Waals surface area contributed by atoms with Gasteiger partial charge < -0.3 is 47.4 Å². The Kier molecular flexibility index (Phi) is 19.3. The lowest BCUT2D eigenvalue weighted by Gasteiger charge is -2.48. The highest BCUT2D eigenvalue weighted by molar-refractivity contribution is 5.73. The van der Waals surface area contributed by atoms with Crippen LogP contribution in [0.2, 0.25) is 0 Å². The van der Waals surface area contributed by atoms with Gasteiger partial charge in [0.15, 0.2) is 42.9 Å². The van der Waals surface area contributed by atoms with E-state index in [0.29, 0.717) is 0 Å². The molecule has 1 aliphatic heterocycles. The van der Waals surface area contributed by atoms with Crippen LogP contribution >= 0.6 is 0 Å². The van der Waals surface area contributed by atoms with Gasteiger partial charge in [0.25, 0.3) is 0 Å². The predicted octanol–water partition coefficient (Wildman–Crippen LogP) is 2.71. The fourth-order valence-corrected chi connectivity index (χ4v) is 5.41. The predicted molar refractivity (Wildman–Crippen MR) is 181 cm³/mol. The highest BCUT2D eigenvalue weighted by Gasteiger charge is 2.58. The summed E-state index contributed by atoms with van der Waals surface area (Å²) in [6.45, 7) is 11.6. The molecule has 2 fully saturated rings. The third kappa shape index (κ3) is 13.2. The first-order valence-electron chi connectivity index (χ1n) is 18.5.